The second kappa shape index (κ2) is 9.58. The van der Waals surface area contributed by atoms with Gasteiger partial charge >= 0.3 is 0 Å². The minimum Gasteiger partial charge on any atom is -0.479 e. The molecule has 2 rings (SSSR count). The van der Waals surface area contributed by atoms with Crippen LogP contribution in [0.3, 0.4) is 0 Å². The molecule has 0 amide bonds. The van der Waals surface area contributed by atoms with Crippen molar-refractivity contribution in [1.29, 1.82) is 0 Å². The highest BCUT2D eigenvalue weighted by Gasteiger charge is 2.18. The molecule has 24 heavy (non-hydrogen) atoms. The van der Waals surface area contributed by atoms with E-state index < -0.39 is 0 Å². The molecule has 0 spiro atoms. The van der Waals surface area contributed by atoms with Crippen LogP contribution >= 0.6 is 11.6 Å². The van der Waals surface area contributed by atoms with E-state index in [9.17, 15) is 0 Å². The summed E-state index contributed by atoms with van der Waals surface area (Å²) in [4.78, 5) is 2.04. The van der Waals surface area contributed by atoms with Crippen molar-refractivity contribution in [2.45, 2.75) is 46.0 Å². The van der Waals surface area contributed by atoms with Crippen LogP contribution in [0.25, 0.3) is 0 Å². The number of halogens is 1. The van der Waals surface area contributed by atoms with Gasteiger partial charge in [-0.05, 0) is 69.5 Å². The van der Waals surface area contributed by atoms with Gasteiger partial charge in [0.15, 0.2) is 5.88 Å². The van der Waals surface area contributed by atoms with Gasteiger partial charge in [0.05, 0.1) is 6.61 Å². The van der Waals surface area contributed by atoms with Crippen LogP contribution in [0.4, 0.5) is 5.69 Å². The molecule has 1 aliphatic rings. The van der Waals surface area contributed by atoms with E-state index in [2.05, 4.69) is 19.6 Å². The molecule has 0 saturated heterocycles. The summed E-state index contributed by atoms with van der Waals surface area (Å²) < 4.78 is 6.06. The van der Waals surface area contributed by atoms with Gasteiger partial charge < -0.3 is 4.74 Å². The molecule has 130 valence electrons. The number of benzene rings is 1. The average molecular weight is 346 g/mol. The van der Waals surface area contributed by atoms with Gasteiger partial charge in [0.1, 0.15) is 0 Å². The largest absolute Gasteiger partial charge is 0.479 e. The number of anilines is 1. The summed E-state index contributed by atoms with van der Waals surface area (Å²) in [6.07, 6.45) is 12.6. The maximum Gasteiger partial charge on any atom is 0.190 e. The van der Waals surface area contributed by atoms with Crippen LogP contribution in [0.2, 0.25) is 5.02 Å². The molecule has 0 aliphatic heterocycles. The van der Waals surface area contributed by atoms with Gasteiger partial charge in [-0.1, -0.05) is 43.0 Å². The molecule has 0 unspecified atom stereocenters. The van der Waals surface area contributed by atoms with Crippen molar-refractivity contribution in [3.05, 3.63) is 65.7 Å². The Morgan fingerprint density at radius 1 is 1.25 bits per heavy atom. The number of hydrogen-bond acceptors (Lipinski definition) is 2. The average Bonchev–Trinajstić information content (AvgIpc) is 2.61. The molecule has 0 aromatic heterocycles. The van der Waals surface area contributed by atoms with Gasteiger partial charge in [0.25, 0.3) is 0 Å². The monoisotopic (exact) mass is 345 g/mol. The van der Waals surface area contributed by atoms with Crippen LogP contribution < -0.4 is 4.90 Å². The van der Waals surface area contributed by atoms with Crippen molar-refractivity contribution in [2.75, 3.05) is 11.5 Å². The third-order valence-electron chi connectivity index (χ3n) is 4.43. The molecule has 1 aliphatic carbocycles. The van der Waals surface area contributed by atoms with Gasteiger partial charge in [-0.3, -0.25) is 4.90 Å². The van der Waals surface area contributed by atoms with E-state index in [1.807, 2.05) is 48.2 Å². The first-order chi connectivity index (χ1) is 11.6. The molecular formula is C21H28ClNO. The second-order valence-electron chi connectivity index (χ2n) is 6.35. The lowest BCUT2D eigenvalue weighted by molar-refractivity contribution is 0.140. The highest BCUT2D eigenvalue weighted by molar-refractivity contribution is 6.30. The molecule has 1 saturated carbocycles. The van der Waals surface area contributed by atoms with E-state index in [-0.39, 0.29) is 0 Å². The van der Waals surface area contributed by atoms with Crippen LogP contribution in [-0.4, -0.2) is 6.61 Å². The number of ether oxygens (including phenoxy) is 1. The Labute approximate surface area is 151 Å². The molecule has 2 nitrogen and oxygen atoms in total. The van der Waals surface area contributed by atoms with Crippen molar-refractivity contribution < 1.29 is 4.74 Å². The van der Waals surface area contributed by atoms with E-state index in [1.165, 1.54) is 32.1 Å². The predicted molar refractivity (Wildman–Crippen MR) is 104 cm³/mol. The number of rotatable bonds is 7. The molecule has 1 aromatic carbocycles. The summed E-state index contributed by atoms with van der Waals surface area (Å²) in [5.74, 6) is 1.32. The minimum atomic E-state index is 0.655. The first kappa shape index (κ1) is 18.7. The Morgan fingerprint density at radius 2 is 1.92 bits per heavy atom. The molecule has 0 heterocycles. The summed E-state index contributed by atoms with van der Waals surface area (Å²) in [6.45, 7) is 8.99. The van der Waals surface area contributed by atoms with Crippen molar-refractivity contribution in [1.82, 2.24) is 0 Å². The van der Waals surface area contributed by atoms with E-state index >= 15 is 0 Å². The lowest BCUT2D eigenvalue weighted by atomic mass is 9.90. The first-order valence-corrected chi connectivity index (χ1v) is 9.16. The predicted octanol–water partition coefficient (Wildman–Crippen LogP) is 6.69. The third-order valence-corrected chi connectivity index (χ3v) is 4.68. The van der Waals surface area contributed by atoms with Crippen molar-refractivity contribution in [3.8, 4) is 0 Å². The SMILES string of the molecule is C=C(OCC1CCCCC1)N(/C(C)=C/C=C\C)c1ccc(Cl)cc1. The Kier molecular flexibility index (Phi) is 7.45. The molecular weight excluding hydrogens is 318 g/mol. The summed E-state index contributed by atoms with van der Waals surface area (Å²) in [5.41, 5.74) is 2.07. The lowest BCUT2D eigenvalue weighted by Crippen LogP contribution is -2.24. The summed E-state index contributed by atoms with van der Waals surface area (Å²) in [5, 5.41) is 0.725. The Morgan fingerprint density at radius 3 is 2.54 bits per heavy atom. The highest BCUT2D eigenvalue weighted by Crippen LogP contribution is 2.28. The fraction of sp³-hybridized carbons (Fsp3) is 0.429. The van der Waals surface area contributed by atoms with Crippen molar-refractivity contribution >= 4 is 17.3 Å². The van der Waals surface area contributed by atoms with Crippen LogP contribution in [0, 0.1) is 5.92 Å². The van der Waals surface area contributed by atoms with E-state index in [0.29, 0.717) is 11.8 Å². The molecule has 0 N–H and O–H groups in total. The zero-order chi connectivity index (χ0) is 17.4. The normalized spacial score (nSPS) is 16.4. The van der Waals surface area contributed by atoms with Crippen molar-refractivity contribution in [3.63, 3.8) is 0 Å². The van der Waals surface area contributed by atoms with E-state index in [4.69, 9.17) is 16.3 Å². The quantitative estimate of drug-likeness (QED) is 0.403. The fourth-order valence-corrected chi connectivity index (χ4v) is 3.20. The highest BCUT2D eigenvalue weighted by atomic mass is 35.5. The maximum atomic E-state index is 6.06. The summed E-state index contributed by atoms with van der Waals surface area (Å²) in [6, 6.07) is 7.76. The third kappa shape index (κ3) is 5.45. The van der Waals surface area contributed by atoms with Crippen LogP contribution in [-0.2, 0) is 4.74 Å². The molecule has 0 atom stereocenters. The maximum absolute atomic E-state index is 6.06. The van der Waals surface area contributed by atoms with Crippen molar-refractivity contribution in [2.24, 2.45) is 5.92 Å². The standard InChI is InChI=1S/C21H28ClNO/c1-4-5-9-17(2)23(21-14-12-20(22)13-15-21)18(3)24-16-19-10-7-6-8-11-19/h4-5,9,12-15,19H,3,6-8,10-11,16H2,1-2H3/b5-4-,17-9+. The molecule has 1 aromatic rings. The van der Waals surface area contributed by atoms with Gasteiger partial charge in [-0.15, -0.1) is 0 Å². The van der Waals surface area contributed by atoms with Gasteiger partial charge in [0.2, 0.25) is 0 Å². The number of allylic oxidation sites excluding steroid dienone is 4. The van der Waals surface area contributed by atoms with Crippen LogP contribution in [0.5, 0.6) is 0 Å². The first-order valence-electron chi connectivity index (χ1n) is 8.78. The Bertz CT molecular complexity index is 582. The number of nitrogens with zero attached hydrogens (tertiary/aromatic N) is 1. The molecule has 1 fully saturated rings. The summed E-state index contributed by atoms with van der Waals surface area (Å²) >= 11 is 6.02. The minimum absolute atomic E-state index is 0.655. The second-order valence-corrected chi connectivity index (χ2v) is 6.79. The van der Waals surface area contributed by atoms with Crippen LogP contribution in [0.1, 0.15) is 46.0 Å². The Hall–Kier alpha value is -1.67. The number of hydrogen-bond donors (Lipinski definition) is 0. The zero-order valence-corrected chi connectivity index (χ0v) is 15.6. The molecule has 0 bridgehead atoms. The lowest BCUT2D eigenvalue weighted by Gasteiger charge is -2.29. The molecule has 0 radical (unpaired) electrons. The van der Waals surface area contributed by atoms with E-state index in [0.717, 1.165) is 23.0 Å². The van der Waals surface area contributed by atoms with Gasteiger partial charge in [-0.2, -0.15) is 0 Å². The smallest absolute Gasteiger partial charge is 0.190 e. The molecule has 3 heteroatoms. The van der Waals surface area contributed by atoms with Gasteiger partial charge in [-0.25, -0.2) is 0 Å². The Balaban J connectivity index is 2.11. The zero-order valence-electron chi connectivity index (χ0n) is 14.8. The van der Waals surface area contributed by atoms with E-state index in [1.54, 1.807) is 0 Å². The van der Waals surface area contributed by atoms with Crippen LogP contribution in [0.15, 0.2) is 60.7 Å². The summed E-state index contributed by atoms with van der Waals surface area (Å²) in [7, 11) is 0. The topological polar surface area (TPSA) is 12.5 Å². The van der Waals surface area contributed by atoms with Gasteiger partial charge in [0, 0.05) is 16.4 Å². The fourth-order valence-electron chi connectivity index (χ4n) is 3.08.